The summed E-state index contributed by atoms with van der Waals surface area (Å²) in [7, 11) is 0. The van der Waals surface area contributed by atoms with E-state index in [0.29, 0.717) is 22.1 Å². The molecule has 0 unspecified atom stereocenters. The predicted molar refractivity (Wildman–Crippen MR) is 110 cm³/mol. The van der Waals surface area contributed by atoms with Gasteiger partial charge in [0, 0.05) is 35.9 Å². The van der Waals surface area contributed by atoms with Crippen LogP contribution in [0.4, 0.5) is 4.39 Å². The third-order valence-electron chi connectivity index (χ3n) is 4.26. The minimum absolute atomic E-state index is 0.197. The van der Waals surface area contributed by atoms with Crippen molar-refractivity contribution in [1.82, 2.24) is 19.7 Å². The molecule has 4 heterocycles. The molecule has 0 radical (unpaired) electrons. The molecule has 1 amide bonds. The number of imidazole rings is 1. The lowest BCUT2D eigenvalue weighted by Crippen LogP contribution is -2.22. The van der Waals surface area contributed by atoms with Gasteiger partial charge in [-0.25, -0.2) is 14.4 Å². The van der Waals surface area contributed by atoms with Gasteiger partial charge in [-0.2, -0.15) is 0 Å². The summed E-state index contributed by atoms with van der Waals surface area (Å²) >= 11 is 2.91. The number of thiazole rings is 1. The molecule has 4 aromatic heterocycles. The maximum atomic E-state index is 13.4. The predicted octanol–water partition coefficient (Wildman–Crippen LogP) is 4.87. The molecule has 5 rings (SSSR count). The first kappa shape index (κ1) is 17.8. The van der Waals surface area contributed by atoms with Crippen LogP contribution in [-0.2, 0) is 6.54 Å². The van der Waals surface area contributed by atoms with Crippen molar-refractivity contribution in [3.63, 3.8) is 0 Å². The van der Waals surface area contributed by atoms with E-state index in [2.05, 4.69) is 15.3 Å². The van der Waals surface area contributed by atoms with E-state index in [1.807, 2.05) is 22.0 Å². The van der Waals surface area contributed by atoms with Gasteiger partial charge in [0.1, 0.15) is 16.4 Å². The lowest BCUT2D eigenvalue weighted by Gasteiger charge is -2.10. The molecule has 0 bridgehead atoms. The number of fused-ring (bicyclic) bond motifs is 3. The van der Waals surface area contributed by atoms with E-state index in [4.69, 9.17) is 4.74 Å². The van der Waals surface area contributed by atoms with Crippen LogP contribution in [0.2, 0.25) is 0 Å². The standard InChI is InChI=1S/C20H13FN4O2S2/c21-13-4-1-5-14(9-13)27-18-12(3-2-6-22-18)11-23-17(26)16-10-15-19(29-16)24-20-25(15)7-8-28-20/h1-10H,11H2,(H,23,26). The highest BCUT2D eigenvalue weighted by Crippen LogP contribution is 2.28. The van der Waals surface area contributed by atoms with Crippen molar-refractivity contribution >= 4 is 43.9 Å². The van der Waals surface area contributed by atoms with E-state index in [9.17, 15) is 9.18 Å². The quantitative estimate of drug-likeness (QED) is 0.437. The molecule has 0 aliphatic carbocycles. The lowest BCUT2D eigenvalue weighted by atomic mass is 10.2. The highest BCUT2D eigenvalue weighted by molar-refractivity contribution is 7.21. The molecule has 9 heteroatoms. The molecule has 0 saturated carbocycles. The van der Waals surface area contributed by atoms with Crippen LogP contribution in [0.3, 0.4) is 0 Å². The molecule has 6 nitrogen and oxygen atoms in total. The number of aromatic nitrogens is 3. The molecule has 0 aliphatic rings. The second-order valence-electron chi connectivity index (χ2n) is 6.18. The van der Waals surface area contributed by atoms with E-state index >= 15 is 0 Å². The van der Waals surface area contributed by atoms with Crippen LogP contribution in [-0.4, -0.2) is 20.3 Å². The molecule has 0 fully saturated rings. The number of hydrogen-bond donors (Lipinski definition) is 1. The van der Waals surface area contributed by atoms with Crippen molar-refractivity contribution in [3.8, 4) is 11.6 Å². The number of thiophene rings is 1. The normalized spacial score (nSPS) is 11.2. The maximum absolute atomic E-state index is 13.4. The highest BCUT2D eigenvalue weighted by atomic mass is 32.1. The first-order valence-electron chi connectivity index (χ1n) is 8.68. The summed E-state index contributed by atoms with van der Waals surface area (Å²) in [5.41, 5.74) is 1.61. The smallest absolute Gasteiger partial charge is 0.261 e. The molecule has 0 atom stereocenters. The number of carbonyl (C=O) groups excluding carboxylic acids is 1. The van der Waals surface area contributed by atoms with E-state index in [-0.39, 0.29) is 12.5 Å². The second kappa shape index (κ2) is 7.26. The van der Waals surface area contributed by atoms with Gasteiger partial charge in [-0.3, -0.25) is 9.20 Å². The van der Waals surface area contributed by atoms with Crippen LogP contribution < -0.4 is 10.1 Å². The Labute approximate surface area is 172 Å². The Balaban J connectivity index is 1.33. The topological polar surface area (TPSA) is 68.5 Å². The molecule has 5 aromatic rings. The van der Waals surface area contributed by atoms with Crippen molar-refractivity contribution < 1.29 is 13.9 Å². The van der Waals surface area contributed by atoms with Crippen LogP contribution in [0, 0.1) is 5.82 Å². The van der Waals surface area contributed by atoms with E-state index in [0.717, 1.165) is 15.3 Å². The fraction of sp³-hybridized carbons (Fsp3) is 0.0500. The Morgan fingerprint density at radius 3 is 3.07 bits per heavy atom. The molecule has 0 spiro atoms. The van der Waals surface area contributed by atoms with Crippen molar-refractivity contribution in [1.29, 1.82) is 0 Å². The molecular formula is C20H13FN4O2S2. The van der Waals surface area contributed by atoms with Crippen molar-refractivity contribution in [2.24, 2.45) is 0 Å². The summed E-state index contributed by atoms with van der Waals surface area (Å²) in [6.45, 7) is 0.230. The Kier molecular flexibility index (Phi) is 4.45. The molecular weight excluding hydrogens is 411 g/mol. The van der Waals surface area contributed by atoms with Crippen molar-refractivity contribution in [3.05, 3.63) is 76.5 Å². The number of ether oxygens (including phenoxy) is 1. The van der Waals surface area contributed by atoms with Crippen LogP contribution in [0.25, 0.3) is 15.3 Å². The third kappa shape index (κ3) is 3.45. The molecule has 144 valence electrons. The van der Waals surface area contributed by atoms with E-state index < -0.39 is 5.82 Å². The Hall–Kier alpha value is -3.30. The van der Waals surface area contributed by atoms with Crippen LogP contribution in [0.1, 0.15) is 15.2 Å². The number of nitrogens with one attached hydrogen (secondary N) is 1. The van der Waals surface area contributed by atoms with Gasteiger partial charge in [0.05, 0.1) is 10.4 Å². The first-order valence-corrected chi connectivity index (χ1v) is 10.4. The van der Waals surface area contributed by atoms with Crippen LogP contribution >= 0.6 is 22.7 Å². The average Bonchev–Trinajstić information content (AvgIpc) is 3.39. The van der Waals surface area contributed by atoms with Gasteiger partial charge in [-0.05, 0) is 24.3 Å². The lowest BCUT2D eigenvalue weighted by molar-refractivity contribution is 0.0955. The summed E-state index contributed by atoms with van der Waals surface area (Å²) in [4.78, 5) is 23.7. The average molecular weight is 424 g/mol. The number of nitrogens with zero attached hydrogens (tertiary/aromatic N) is 3. The zero-order valence-corrected chi connectivity index (χ0v) is 16.5. The summed E-state index contributed by atoms with van der Waals surface area (Å²) in [5, 5.41) is 4.85. The second-order valence-corrected chi connectivity index (χ2v) is 8.08. The Bertz CT molecular complexity index is 1340. The van der Waals surface area contributed by atoms with Gasteiger partial charge in [-0.1, -0.05) is 12.1 Å². The van der Waals surface area contributed by atoms with E-state index in [1.165, 1.54) is 23.5 Å². The largest absolute Gasteiger partial charge is 0.439 e. The molecule has 1 N–H and O–H groups in total. The SMILES string of the molecule is O=C(NCc1cccnc1Oc1cccc(F)c1)c1cc2c(nc3sccn32)s1. The fourth-order valence-electron chi connectivity index (χ4n) is 2.91. The van der Waals surface area contributed by atoms with Gasteiger partial charge in [-0.15, -0.1) is 22.7 Å². The van der Waals surface area contributed by atoms with E-state index in [1.54, 1.807) is 41.8 Å². The van der Waals surface area contributed by atoms with Gasteiger partial charge in [0.2, 0.25) is 5.88 Å². The summed E-state index contributed by atoms with van der Waals surface area (Å²) in [5.74, 6) is 0.0744. The number of rotatable bonds is 5. The first-order chi connectivity index (χ1) is 14.2. The maximum Gasteiger partial charge on any atom is 0.261 e. The van der Waals surface area contributed by atoms with Crippen LogP contribution in [0.5, 0.6) is 11.6 Å². The third-order valence-corrected chi connectivity index (χ3v) is 6.04. The number of amides is 1. The summed E-state index contributed by atoms with van der Waals surface area (Å²) in [6, 6.07) is 11.2. The monoisotopic (exact) mass is 424 g/mol. The molecule has 0 saturated heterocycles. The van der Waals surface area contributed by atoms with Crippen molar-refractivity contribution in [2.45, 2.75) is 6.54 Å². The van der Waals surface area contributed by atoms with Gasteiger partial charge in [0.15, 0.2) is 4.96 Å². The minimum Gasteiger partial charge on any atom is -0.439 e. The zero-order valence-electron chi connectivity index (χ0n) is 14.8. The Morgan fingerprint density at radius 2 is 2.17 bits per heavy atom. The highest BCUT2D eigenvalue weighted by Gasteiger charge is 2.16. The van der Waals surface area contributed by atoms with Gasteiger partial charge in [0.25, 0.3) is 5.91 Å². The molecule has 29 heavy (non-hydrogen) atoms. The molecule has 0 aliphatic heterocycles. The number of benzene rings is 1. The number of pyridine rings is 1. The minimum atomic E-state index is -0.393. The fourth-order valence-corrected chi connectivity index (χ4v) is 4.63. The summed E-state index contributed by atoms with van der Waals surface area (Å²) < 4.78 is 21.1. The number of hydrogen-bond acceptors (Lipinski definition) is 6. The van der Waals surface area contributed by atoms with Crippen LogP contribution in [0.15, 0.2) is 60.2 Å². The molecule has 1 aromatic carbocycles. The van der Waals surface area contributed by atoms with Crippen molar-refractivity contribution in [2.75, 3.05) is 0 Å². The number of carbonyl (C=O) groups is 1. The number of halogens is 1. The Morgan fingerprint density at radius 1 is 1.24 bits per heavy atom. The van der Waals surface area contributed by atoms with Gasteiger partial charge < -0.3 is 10.1 Å². The van der Waals surface area contributed by atoms with Gasteiger partial charge >= 0.3 is 0 Å². The zero-order chi connectivity index (χ0) is 19.8. The summed E-state index contributed by atoms with van der Waals surface area (Å²) in [6.07, 6.45) is 3.52.